The van der Waals surface area contributed by atoms with Crippen molar-refractivity contribution in [2.45, 2.75) is 47.2 Å². The van der Waals surface area contributed by atoms with Crippen LogP contribution in [0, 0.1) is 20.8 Å². The summed E-state index contributed by atoms with van der Waals surface area (Å²) in [5.74, 6) is 1.98. The van der Waals surface area contributed by atoms with E-state index in [0.29, 0.717) is 49.0 Å². The van der Waals surface area contributed by atoms with Crippen LogP contribution in [0.4, 0.5) is 11.5 Å². The van der Waals surface area contributed by atoms with Crippen molar-refractivity contribution in [2.24, 2.45) is 4.99 Å². The summed E-state index contributed by atoms with van der Waals surface area (Å²) in [6, 6.07) is 10.2. The highest BCUT2D eigenvalue weighted by Gasteiger charge is 2.22. The van der Waals surface area contributed by atoms with Crippen molar-refractivity contribution in [2.75, 3.05) is 25.6 Å². The molecule has 0 saturated heterocycles. The number of anilines is 1. The van der Waals surface area contributed by atoms with Gasteiger partial charge >= 0.3 is 5.69 Å². The van der Waals surface area contributed by atoms with Gasteiger partial charge in [-0.3, -0.25) is 9.13 Å². The van der Waals surface area contributed by atoms with Crippen LogP contribution >= 0.6 is 0 Å². The molecule has 0 saturated carbocycles. The summed E-state index contributed by atoms with van der Waals surface area (Å²) >= 11 is 0. The highest BCUT2D eigenvalue weighted by molar-refractivity contribution is 5.70. The fraction of sp³-hybridized carbons (Fsp3) is 0.357. The fourth-order valence-corrected chi connectivity index (χ4v) is 5.12. The number of fused-ring (bicyclic) bond motifs is 3. The number of hydrogen-bond donors (Lipinski definition) is 2. The monoisotopic (exact) mass is 515 g/mol. The molecule has 2 aromatic carbocycles. The first-order valence-electron chi connectivity index (χ1n) is 12.8. The molecule has 10 heteroatoms. The van der Waals surface area contributed by atoms with E-state index < -0.39 is 0 Å². The first kappa shape index (κ1) is 25.3. The highest BCUT2D eigenvalue weighted by atomic mass is 16.5. The highest BCUT2D eigenvalue weighted by Crippen LogP contribution is 2.37. The zero-order valence-corrected chi connectivity index (χ0v) is 22.5. The molecule has 4 aromatic rings. The van der Waals surface area contributed by atoms with Crippen LogP contribution in [0.3, 0.4) is 0 Å². The van der Waals surface area contributed by atoms with Crippen LogP contribution in [0.15, 0.2) is 46.3 Å². The summed E-state index contributed by atoms with van der Waals surface area (Å²) in [6.07, 6.45) is 2.33. The van der Waals surface area contributed by atoms with Crippen molar-refractivity contribution in [1.82, 2.24) is 24.5 Å². The van der Waals surface area contributed by atoms with E-state index in [9.17, 15) is 4.79 Å². The third-order valence-electron chi connectivity index (χ3n) is 6.78. The van der Waals surface area contributed by atoms with Crippen LogP contribution in [0.1, 0.15) is 29.2 Å². The summed E-state index contributed by atoms with van der Waals surface area (Å²) in [5, 5.41) is 13.7. The van der Waals surface area contributed by atoms with E-state index in [2.05, 4.69) is 53.6 Å². The van der Waals surface area contributed by atoms with Gasteiger partial charge in [-0.25, -0.2) is 9.79 Å². The molecule has 0 bridgehead atoms. The number of aryl methyl sites for hydroxylation is 4. The second-order valence-electron chi connectivity index (χ2n) is 9.46. The number of nitrogens with one attached hydrogen (secondary N) is 2. The van der Waals surface area contributed by atoms with Crippen molar-refractivity contribution in [3.63, 3.8) is 0 Å². The van der Waals surface area contributed by atoms with Crippen LogP contribution in [-0.4, -0.2) is 44.8 Å². The van der Waals surface area contributed by atoms with Gasteiger partial charge in [-0.1, -0.05) is 17.7 Å². The number of aromatic nitrogens is 5. The lowest BCUT2D eigenvalue weighted by atomic mass is 9.97. The first-order chi connectivity index (χ1) is 18.4. The average Bonchev–Trinajstić information content (AvgIpc) is 3.41. The van der Waals surface area contributed by atoms with Gasteiger partial charge in [0.2, 0.25) is 0 Å². The normalized spacial score (nSPS) is 12.7. The minimum Gasteiger partial charge on any atom is -0.493 e. The van der Waals surface area contributed by atoms with Crippen molar-refractivity contribution in [1.29, 1.82) is 0 Å². The Labute approximate surface area is 221 Å². The molecule has 1 aliphatic heterocycles. The smallest absolute Gasteiger partial charge is 0.330 e. The molecule has 0 fully saturated rings. The van der Waals surface area contributed by atoms with Gasteiger partial charge < -0.3 is 14.8 Å². The molecule has 0 atom stereocenters. The lowest BCUT2D eigenvalue weighted by Gasteiger charge is -2.25. The van der Waals surface area contributed by atoms with Gasteiger partial charge in [0.15, 0.2) is 17.3 Å². The quantitative estimate of drug-likeness (QED) is 0.370. The lowest BCUT2D eigenvalue weighted by molar-refractivity contribution is 0.310. The Bertz CT molecular complexity index is 1580. The topological polar surface area (TPSA) is 111 Å². The molecule has 0 unspecified atom stereocenters. The third-order valence-corrected chi connectivity index (χ3v) is 6.78. The molecule has 3 heterocycles. The molecule has 0 spiro atoms. The average molecular weight is 516 g/mol. The zero-order chi connectivity index (χ0) is 26.8. The van der Waals surface area contributed by atoms with Gasteiger partial charge in [0.25, 0.3) is 0 Å². The molecule has 1 aliphatic rings. The Morgan fingerprint density at radius 3 is 2.58 bits per heavy atom. The minimum absolute atomic E-state index is 0.107. The van der Waals surface area contributed by atoms with Gasteiger partial charge in [0.1, 0.15) is 5.49 Å². The number of ether oxygens (including phenoxy) is 2. The summed E-state index contributed by atoms with van der Waals surface area (Å²) in [7, 11) is 1.63. The Hall–Kier alpha value is -4.34. The Balaban J connectivity index is 1.68. The SMILES string of the molecule is CCOc1cc2c(cc1OC)-c1cc(=Nc3c(C)cc(C)cc3C)n(CCNc3cn[nH]n3)c(=O)n1CC2. The van der Waals surface area contributed by atoms with Crippen LogP contribution in [-0.2, 0) is 19.5 Å². The van der Waals surface area contributed by atoms with Gasteiger partial charge in [-0.15, -0.1) is 5.10 Å². The maximum atomic E-state index is 13.9. The van der Waals surface area contributed by atoms with Crippen molar-refractivity contribution >= 4 is 11.5 Å². The van der Waals surface area contributed by atoms with E-state index in [1.165, 1.54) is 5.56 Å². The maximum Gasteiger partial charge on any atom is 0.330 e. The number of H-pyrrole nitrogens is 1. The number of benzene rings is 2. The number of hydrogen-bond acceptors (Lipinski definition) is 7. The summed E-state index contributed by atoms with van der Waals surface area (Å²) < 4.78 is 15.0. The minimum atomic E-state index is -0.107. The molecule has 0 aliphatic carbocycles. The second-order valence-corrected chi connectivity index (χ2v) is 9.46. The van der Waals surface area contributed by atoms with E-state index in [4.69, 9.17) is 14.5 Å². The molecule has 38 heavy (non-hydrogen) atoms. The molecule has 5 rings (SSSR count). The first-order valence-corrected chi connectivity index (χ1v) is 12.8. The lowest BCUT2D eigenvalue weighted by Crippen LogP contribution is -2.43. The van der Waals surface area contributed by atoms with Crippen LogP contribution in [0.2, 0.25) is 0 Å². The van der Waals surface area contributed by atoms with E-state index >= 15 is 0 Å². The summed E-state index contributed by atoms with van der Waals surface area (Å²) in [4.78, 5) is 19.0. The summed E-state index contributed by atoms with van der Waals surface area (Å²) in [5.41, 5.74) is 7.57. The molecular formula is C28H33N7O3. The van der Waals surface area contributed by atoms with Crippen LogP contribution in [0.25, 0.3) is 11.3 Å². The number of rotatable bonds is 8. The number of aromatic amines is 1. The Morgan fingerprint density at radius 1 is 1.11 bits per heavy atom. The van der Waals surface area contributed by atoms with Crippen LogP contribution in [0.5, 0.6) is 11.5 Å². The van der Waals surface area contributed by atoms with Crippen LogP contribution < -0.4 is 26.0 Å². The van der Waals surface area contributed by atoms with Gasteiger partial charge in [0.05, 0.1) is 31.3 Å². The van der Waals surface area contributed by atoms with E-state index in [-0.39, 0.29) is 5.69 Å². The molecule has 2 aromatic heterocycles. The van der Waals surface area contributed by atoms with Gasteiger partial charge in [0, 0.05) is 31.3 Å². The van der Waals surface area contributed by atoms with Crippen molar-refractivity contribution in [3.8, 4) is 22.8 Å². The third kappa shape index (κ3) is 4.81. The van der Waals surface area contributed by atoms with E-state index in [1.54, 1.807) is 17.9 Å². The van der Waals surface area contributed by atoms with E-state index in [1.807, 2.05) is 29.7 Å². The maximum absolute atomic E-state index is 13.9. The number of methoxy groups -OCH3 is 1. The van der Waals surface area contributed by atoms with Crippen molar-refractivity contribution in [3.05, 3.63) is 74.8 Å². The Morgan fingerprint density at radius 2 is 1.89 bits per heavy atom. The van der Waals surface area contributed by atoms with Gasteiger partial charge in [-0.2, -0.15) is 10.3 Å². The molecule has 198 valence electrons. The van der Waals surface area contributed by atoms with Crippen molar-refractivity contribution < 1.29 is 9.47 Å². The fourth-order valence-electron chi connectivity index (χ4n) is 5.12. The standard InChI is InChI=1S/C28H33N7O3/c1-6-38-24-13-20-7-9-34-22(21(20)14-23(24)37-5)15-26(31-27-18(3)11-17(2)12-19(27)4)35(28(34)36)10-8-29-25-16-30-33-32-25/h11-16H,6-10H2,1-5H3,(H2,29,30,32,33). The molecule has 0 radical (unpaired) electrons. The van der Waals surface area contributed by atoms with E-state index in [0.717, 1.165) is 40.1 Å². The largest absolute Gasteiger partial charge is 0.493 e. The number of nitrogens with zero attached hydrogens (tertiary/aromatic N) is 5. The molecular weight excluding hydrogens is 482 g/mol. The molecule has 10 nitrogen and oxygen atoms in total. The molecule has 0 amide bonds. The van der Waals surface area contributed by atoms with Gasteiger partial charge in [-0.05, 0) is 62.9 Å². The predicted octanol–water partition coefficient (Wildman–Crippen LogP) is 3.67. The summed E-state index contributed by atoms with van der Waals surface area (Å²) in [6.45, 7) is 10.1. The second kappa shape index (κ2) is 10.6. The Kier molecular flexibility index (Phi) is 7.04. The molecule has 2 N–H and O–H groups in total. The predicted molar refractivity (Wildman–Crippen MR) is 146 cm³/mol. The zero-order valence-electron chi connectivity index (χ0n) is 22.5.